The van der Waals surface area contributed by atoms with Crippen molar-refractivity contribution in [2.24, 2.45) is 0 Å². The zero-order valence-corrected chi connectivity index (χ0v) is 16.0. The Hall–Kier alpha value is -2.11. The van der Waals surface area contributed by atoms with Gasteiger partial charge in [0, 0.05) is 16.8 Å². The molecule has 1 N–H and O–H groups in total. The molecule has 0 saturated heterocycles. The molecule has 0 radical (unpaired) electrons. The zero-order chi connectivity index (χ0) is 17.8. The second kappa shape index (κ2) is 7.85. The lowest BCUT2D eigenvalue weighted by molar-refractivity contribution is 0.102. The molecule has 1 heterocycles. The fourth-order valence-electron chi connectivity index (χ4n) is 2.41. The number of carbonyl (C=O) groups excluding carboxylic acids is 1. The van der Waals surface area contributed by atoms with Gasteiger partial charge >= 0.3 is 0 Å². The monoisotopic (exact) mass is 417 g/mol. The van der Waals surface area contributed by atoms with E-state index in [4.69, 9.17) is 11.6 Å². The van der Waals surface area contributed by atoms with Crippen LogP contribution in [0.2, 0.25) is 5.02 Å². The van der Waals surface area contributed by atoms with Crippen LogP contribution < -0.4 is 5.32 Å². The van der Waals surface area contributed by atoms with E-state index < -0.39 is 0 Å². The SMILES string of the molecule is CCc1ccc(C(=O)Nc2nn(Cc3ccc(Cl)cc3)cc2Br)cc1. The van der Waals surface area contributed by atoms with E-state index in [0.717, 1.165) is 16.5 Å². The predicted molar refractivity (Wildman–Crippen MR) is 104 cm³/mol. The lowest BCUT2D eigenvalue weighted by Gasteiger charge is -2.04. The fraction of sp³-hybridized carbons (Fsp3) is 0.158. The van der Waals surface area contributed by atoms with Crippen molar-refractivity contribution >= 4 is 39.3 Å². The van der Waals surface area contributed by atoms with Gasteiger partial charge in [0.15, 0.2) is 5.82 Å². The van der Waals surface area contributed by atoms with Crippen LogP contribution in [-0.4, -0.2) is 15.7 Å². The highest BCUT2D eigenvalue weighted by Gasteiger charge is 2.12. The highest BCUT2D eigenvalue weighted by atomic mass is 79.9. The van der Waals surface area contributed by atoms with Gasteiger partial charge in [0.05, 0.1) is 11.0 Å². The maximum atomic E-state index is 12.4. The summed E-state index contributed by atoms with van der Waals surface area (Å²) in [4.78, 5) is 12.4. The molecule has 3 rings (SSSR count). The normalized spacial score (nSPS) is 10.7. The molecule has 6 heteroatoms. The number of nitrogens with zero attached hydrogens (tertiary/aromatic N) is 2. The van der Waals surface area contributed by atoms with E-state index in [2.05, 4.69) is 33.3 Å². The number of nitrogens with one attached hydrogen (secondary N) is 1. The number of hydrogen-bond acceptors (Lipinski definition) is 2. The first kappa shape index (κ1) is 17.7. The van der Waals surface area contributed by atoms with Crippen molar-refractivity contribution in [1.82, 2.24) is 9.78 Å². The number of halogens is 2. The van der Waals surface area contributed by atoms with Crippen LogP contribution in [0.25, 0.3) is 0 Å². The minimum atomic E-state index is -0.180. The second-order valence-corrected chi connectivity index (χ2v) is 6.95. The van der Waals surface area contributed by atoms with E-state index in [-0.39, 0.29) is 5.91 Å². The van der Waals surface area contributed by atoms with Gasteiger partial charge in [0.2, 0.25) is 0 Å². The second-order valence-electron chi connectivity index (χ2n) is 5.65. The summed E-state index contributed by atoms with van der Waals surface area (Å²) in [6.07, 6.45) is 2.78. The zero-order valence-electron chi connectivity index (χ0n) is 13.7. The molecule has 0 aliphatic rings. The molecule has 2 aromatic carbocycles. The first-order chi connectivity index (χ1) is 12.0. The Bertz CT molecular complexity index is 873. The lowest BCUT2D eigenvalue weighted by atomic mass is 10.1. The minimum absolute atomic E-state index is 0.180. The van der Waals surface area contributed by atoms with E-state index in [1.165, 1.54) is 5.56 Å². The molecule has 0 atom stereocenters. The number of benzene rings is 2. The summed E-state index contributed by atoms with van der Waals surface area (Å²) in [7, 11) is 0. The number of aromatic nitrogens is 2. The van der Waals surface area contributed by atoms with Crippen molar-refractivity contribution in [3.63, 3.8) is 0 Å². The molecule has 0 unspecified atom stereocenters. The van der Waals surface area contributed by atoms with Gasteiger partial charge in [-0.3, -0.25) is 9.48 Å². The molecule has 0 spiro atoms. The maximum Gasteiger partial charge on any atom is 0.256 e. The Morgan fingerprint density at radius 3 is 2.40 bits per heavy atom. The Kier molecular flexibility index (Phi) is 5.56. The van der Waals surface area contributed by atoms with Gasteiger partial charge in [0.1, 0.15) is 0 Å². The van der Waals surface area contributed by atoms with Gasteiger partial charge in [-0.05, 0) is 57.7 Å². The maximum absolute atomic E-state index is 12.4. The number of amides is 1. The van der Waals surface area contributed by atoms with Crippen molar-refractivity contribution in [1.29, 1.82) is 0 Å². The fourth-order valence-corrected chi connectivity index (χ4v) is 2.95. The summed E-state index contributed by atoms with van der Waals surface area (Å²) in [6, 6.07) is 15.2. The van der Waals surface area contributed by atoms with Gasteiger partial charge in [-0.2, -0.15) is 5.10 Å². The summed E-state index contributed by atoms with van der Waals surface area (Å²) >= 11 is 9.35. The summed E-state index contributed by atoms with van der Waals surface area (Å²) in [6.45, 7) is 2.68. The van der Waals surface area contributed by atoms with E-state index in [0.29, 0.717) is 22.9 Å². The largest absolute Gasteiger partial charge is 0.304 e. The third-order valence-corrected chi connectivity index (χ3v) is 4.66. The number of hydrogen-bond donors (Lipinski definition) is 1. The third kappa shape index (κ3) is 4.50. The molecule has 128 valence electrons. The van der Waals surface area contributed by atoms with Crippen LogP contribution in [0.15, 0.2) is 59.2 Å². The van der Waals surface area contributed by atoms with Crippen LogP contribution in [-0.2, 0) is 13.0 Å². The lowest BCUT2D eigenvalue weighted by Crippen LogP contribution is -2.13. The molecular weight excluding hydrogens is 402 g/mol. The number of rotatable bonds is 5. The highest BCUT2D eigenvalue weighted by Crippen LogP contribution is 2.22. The molecule has 0 fully saturated rings. The summed E-state index contributed by atoms with van der Waals surface area (Å²) in [5, 5.41) is 7.97. The van der Waals surface area contributed by atoms with Crippen LogP contribution in [0.5, 0.6) is 0 Å². The average molecular weight is 419 g/mol. The quantitative estimate of drug-likeness (QED) is 0.622. The third-order valence-electron chi connectivity index (χ3n) is 3.83. The smallest absolute Gasteiger partial charge is 0.256 e. The van der Waals surface area contributed by atoms with Crippen molar-refractivity contribution in [3.05, 3.63) is 80.9 Å². The van der Waals surface area contributed by atoms with Crippen LogP contribution >= 0.6 is 27.5 Å². The standard InChI is InChI=1S/C19H17BrClN3O/c1-2-13-3-7-15(8-4-13)19(25)22-18-17(20)12-24(23-18)11-14-5-9-16(21)10-6-14/h3-10,12H,2,11H2,1H3,(H,22,23,25). The van der Waals surface area contributed by atoms with Crippen molar-refractivity contribution in [2.45, 2.75) is 19.9 Å². The van der Waals surface area contributed by atoms with Gasteiger partial charge < -0.3 is 5.32 Å². The van der Waals surface area contributed by atoms with Gasteiger partial charge in [-0.1, -0.05) is 42.8 Å². The van der Waals surface area contributed by atoms with Crippen LogP contribution in [0.4, 0.5) is 5.82 Å². The van der Waals surface area contributed by atoms with Gasteiger partial charge in [-0.15, -0.1) is 0 Å². The van der Waals surface area contributed by atoms with Crippen LogP contribution in [0, 0.1) is 0 Å². The predicted octanol–water partition coefficient (Wildman–Crippen LogP) is 5.16. The topological polar surface area (TPSA) is 46.9 Å². The minimum Gasteiger partial charge on any atom is -0.304 e. The van der Waals surface area contributed by atoms with E-state index in [9.17, 15) is 4.79 Å². The first-order valence-corrected chi connectivity index (χ1v) is 9.10. The highest BCUT2D eigenvalue weighted by molar-refractivity contribution is 9.10. The Morgan fingerprint density at radius 2 is 1.76 bits per heavy atom. The van der Waals surface area contributed by atoms with Crippen molar-refractivity contribution in [3.8, 4) is 0 Å². The van der Waals surface area contributed by atoms with E-state index in [1.807, 2.05) is 54.7 Å². The van der Waals surface area contributed by atoms with Crippen molar-refractivity contribution < 1.29 is 4.79 Å². The number of aryl methyl sites for hydroxylation is 1. The molecule has 0 saturated carbocycles. The molecule has 1 aromatic heterocycles. The molecular formula is C19H17BrClN3O. The first-order valence-electron chi connectivity index (χ1n) is 7.93. The average Bonchev–Trinajstić information content (AvgIpc) is 2.96. The molecule has 3 aromatic rings. The Labute approximate surface area is 159 Å². The van der Waals surface area contributed by atoms with Gasteiger partial charge in [-0.25, -0.2) is 0 Å². The van der Waals surface area contributed by atoms with Crippen LogP contribution in [0.1, 0.15) is 28.4 Å². The molecule has 0 aliphatic carbocycles. The summed E-state index contributed by atoms with van der Waals surface area (Å²) < 4.78 is 2.50. The molecule has 0 bridgehead atoms. The summed E-state index contributed by atoms with van der Waals surface area (Å²) in [5.41, 5.74) is 2.88. The number of anilines is 1. The number of carbonyl (C=O) groups is 1. The van der Waals surface area contributed by atoms with Gasteiger partial charge in [0.25, 0.3) is 5.91 Å². The molecule has 4 nitrogen and oxygen atoms in total. The van der Waals surface area contributed by atoms with Crippen LogP contribution in [0.3, 0.4) is 0 Å². The molecule has 1 amide bonds. The van der Waals surface area contributed by atoms with E-state index >= 15 is 0 Å². The van der Waals surface area contributed by atoms with E-state index in [1.54, 1.807) is 4.68 Å². The Balaban J connectivity index is 1.71. The van der Waals surface area contributed by atoms with Crippen molar-refractivity contribution in [2.75, 3.05) is 5.32 Å². The molecule has 25 heavy (non-hydrogen) atoms. The molecule has 0 aliphatic heterocycles. The Morgan fingerprint density at radius 1 is 1.12 bits per heavy atom. The summed E-state index contributed by atoms with van der Waals surface area (Å²) in [5.74, 6) is 0.318.